The number of carbonyl (C=O) groups is 2. The maximum Gasteiger partial charge on any atom is 0.411 e. The molecule has 0 aromatic heterocycles. The van der Waals surface area contributed by atoms with Crippen LogP contribution in [0.4, 0.5) is 10.5 Å². The predicted molar refractivity (Wildman–Crippen MR) is 84.3 cm³/mol. The number of ether oxygens (including phenoxy) is 1. The van der Waals surface area contributed by atoms with Crippen LogP contribution in [0, 0.1) is 0 Å². The summed E-state index contributed by atoms with van der Waals surface area (Å²) in [7, 11) is 0. The zero-order valence-electron chi connectivity index (χ0n) is 12.5. The first kappa shape index (κ1) is 15.7. The Morgan fingerprint density at radius 1 is 1.29 bits per heavy atom. The third-order valence-electron chi connectivity index (χ3n) is 2.85. The van der Waals surface area contributed by atoms with Crippen LogP contribution in [0.3, 0.4) is 0 Å². The summed E-state index contributed by atoms with van der Waals surface area (Å²) in [6, 6.07) is 8.73. The van der Waals surface area contributed by atoms with Crippen molar-refractivity contribution in [1.82, 2.24) is 4.90 Å². The lowest BCUT2D eigenvalue weighted by Crippen LogP contribution is -2.46. The van der Waals surface area contributed by atoms with E-state index in [1.807, 2.05) is 51.1 Å². The Morgan fingerprint density at radius 2 is 1.95 bits per heavy atom. The number of anilines is 1. The molecule has 1 aromatic rings. The van der Waals surface area contributed by atoms with E-state index in [-0.39, 0.29) is 5.91 Å². The first-order valence-corrected chi connectivity index (χ1v) is 7.95. The van der Waals surface area contributed by atoms with Crippen LogP contribution in [0.2, 0.25) is 0 Å². The fourth-order valence-electron chi connectivity index (χ4n) is 1.91. The second-order valence-electron chi connectivity index (χ2n) is 5.82. The maximum atomic E-state index is 12.3. The molecule has 1 N–H and O–H groups in total. The van der Waals surface area contributed by atoms with Crippen LogP contribution in [0.15, 0.2) is 30.3 Å². The molecule has 1 unspecified atom stereocenters. The Balaban J connectivity index is 2.01. The number of para-hydroxylation sites is 1. The molecule has 21 heavy (non-hydrogen) atoms. The first-order chi connectivity index (χ1) is 9.87. The highest BCUT2D eigenvalue weighted by Gasteiger charge is 2.37. The van der Waals surface area contributed by atoms with Crippen molar-refractivity contribution in [3.05, 3.63) is 30.3 Å². The highest BCUT2D eigenvalue weighted by atomic mass is 32.2. The molecule has 2 rings (SSSR count). The van der Waals surface area contributed by atoms with Crippen LogP contribution in [0.5, 0.6) is 0 Å². The van der Waals surface area contributed by atoms with E-state index in [4.69, 9.17) is 4.74 Å². The van der Waals surface area contributed by atoms with Crippen molar-refractivity contribution >= 4 is 29.4 Å². The average Bonchev–Trinajstić information content (AvgIpc) is 2.87. The summed E-state index contributed by atoms with van der Waals surface area (Å²) in [4.78, 5) is 25.9. The van der Waals surface area contributed by atoms with E-state index in [0.29, 0.717) is 11.6 Å². The molecule has 1 fully saturated rings. The monoisotopic (exact) mass is 308 g/mol. The van der Waals surface area contributed by atoms with Gasteiger partial charge in [-0.2, -0.15) is 0 Å². The van der Waals surface area contributed by atoms with Gasteiger partial charge in [0, 0.05) is 11.4 Å². The van der Waals surface area contributed by atoms with E-state index in [9.17, 15) is 9.59 Å². The Morgan fingerprint density at radius 3 is 2.57 bits per heavy atom. The van der Waals surface area contributed by atoms with Gasteiger partial charge < -0.3 is 10.1 Å². The van der Waals surface area contributed by atoms with Crippen molar-refractivity contribution in [2.45, 2.75) is 32.4 Å². The molecule has 114 valence electrons. The molecule has 0 spiro atoms. The van der Waals surface area contributed by atoms with Crippen LogP contribution >= 0.6 is 11.8 Å². The number of nitrogens with zero attached hydrogens (tertiary/aromatic N) is 1. The molecule has 1 heterocycles. The van der Waals surface area contributed by atoms with Gasteiger partial charge in [0.15, 0.2) is 0 Å². The van der Waals surface area contributed by atoms with Crippen molar-refractivity contribution in [3.8, 4) is 0 Å². The summed E-state index contributed by atoms with van der Waals surface area (Å²) in [6.07, 6.45) is -0.444. The molecule has 1 saturated heterocycles. The van der Waals surface area contributed by atoms with Gasteiger partial charge in [0.1, 0.15) is 11.6 Å². The Hall–Kier alpha value is -1.69. The smallest absolute Gasteiger partial charge is 0.411 e. The number of rotatable bonds is 2. The molecule has 1 aliphatic rings. The van der Waals surface area contributed by atoms with Crippen LogP contribution in [-0.4, -0.2) is 40.2 Å². The van der Waals surface area contributed by atoms with Gasteiger partial charge in [-0.3, -0.25) is 9.69 Å². The third-order valence-corrected chi connectivity index (χ3v) is 3.87. The quantitative estimate of drug-likeness (QED) is 0.912. The molecule has 1 atom stereocenters. The number of nitrogens with one attached hydrogen (secondary N) is 1. The number of carbonyl (C=O) groups excluding carboxylic acids is 2. The molecule has 0 saturated carbocycles. The first-order valence-electron chi connectivity index (χ1n) is 6.80. The summed E-state index contributed by atoms with van der Waals surface area (Å²) < 4.78 is 5.35. The van der Waals surface area contributed by atoms with E-state index in [1.54, 1.807) is 11.8 Å². The highest BCUT2D eigenvalue weighted by molar-refractivity contribution is 7.99. The zero-order chi connectivity index (χ0) is 15.5. The molecular weight excluding hydrogens is 288 g/mol. The molecule has 0 aliphatic carbocycles. The predicted octanol–water partition coefficient (Wildman–Crippen LogP) is 2.94. The lowest BCUT2D eigenvalue weighted by Gasteiger charge is -2.27. The van der Waals surface area contributed by atoms with E-state index in [1.165, 1.54) is 4.90 Å². The van der Waals surface area contributed by atoms with Gasteiger partial charge in [0.25, 0.3) is 0 Å². The minimum atomic E-state index is -0.565. The molecule has 0 bridgehead atoms. The number of hydrogen-bond acceptors (Lipinski definition) is 4. The van der Waals surface area contributed by atoms with Crippen LogP contribution < -0.4 is 5.32 Å². The molecular formula is C15H20N2O3S. The molecule has 1 aliphatic heterocycles. The number of thioether (sulfide) groups is 1. The number of amides is 2. The van der Waals surface area contributed by atoms with Gasteiger partial charge in [0.2, 0.25) is 5.91 Å². The summed E-state index contributed by atoms with van der Waals surface area (Å²) in [6.45, 7) is 5.44. The van der Waals surface area contributed by atoms with Crippen LogP contribution in [0.25, 0.3) is 0 Å². The Kier molecular flexibility index (Phi) is 4.77. The van der Waals surface area contributed by atoms with E-state index < -0.39 is 17.7 Å². The Labute approximate surface area is 129 Å². The number of benzene rings is 1. The molecule has 6 heteroatoms. The number of hydrogen-bond donors (Lipinski definition) is 1. The van der Waals surface area contributed by atoms with E-state index >= 15 is 0 Å². The summed E-state index contributed by atoms with van der Waals surface area (Å²) in [5.41, 5.74) is 0.161. The van der Waals surface area contributed by atoms with Gasteiger partial charge in [-0.1, -0.05) is 18.2 Å². The van der Waals surface area contributed by atoms with Gasteiger partial charge >= 0.3 is 6.09 Å². The second kappa shape index (κ2) is 6.39. The van der Waals surface area contributed by atoms with Gasteiger partial charge in [-0.15, -0.1) is 11.8 Å². The SMILES string of the molecule is CC(C)(C)OC(=O)N1CSCC1C(=O)Nc1ccccc1. The Bertz CT molecular complexity index is 513. The summed E-state index contributed by atoms with van der Waals surface area (Å²) in [5, 5.41) is 2.83. The van der Waals surface area contributed by atoms with E-state index in [2.05, 4.69) is 5.32 Å². The van der Waals surface area contributed by atoms with Crippen molar-refractivity contribution < 1.29 is 14.3 Å². The van der Waals surface area contributed by atoms with Gasteiger partial charge in [0.05, 0.1) is 5.88 Å². The second-order valence-corrected chi connectivity index (χ2v) is 6.82. The lowest BCUT2D eigenvalue weighted by atomic mass is 10.2. The zero-order valence-corrected chi connectivity index (χ0v) is 13.3. The minimum Gasteiger partial charge on any atom is -0.444 e. The fraction of sp³-hybridized carbons (Fsp3) is 0.467. The maximum absolute atomic E-state index is 12.3. The summed E-state index contributed by atoms with van der Waals surface area (Å²) >= 11 is 1.55. The van der Waals surface area contributed by atoms with Gasteiger partial charge in [-0.25, -0.2) is 4.79 Å². The third kappa shape index (κ3) is 4.39. The normalized spacial score (nSPS) is 18.4. The van der Waals surface area contributed by atoms with Crippen LogP contribution in [-0.2, 0) is 9.53 Å². The van der Waals surface area contributed by atoms with E-state index in [0.717, 1.165) is 5.69 Å². The minimum absolute atomic E-state index is 0.183. The molecule has 5 nitrogen and oxygen atoms in total. The molecule has 2 amide bonds. The molecule has 0 radical (unpaired) electrons. The van der Waals surface area contributed by atoms with Crippen LogP contribution in [0.1, 0.15) is 20.8 Å². The fourth-order valence-corrected chi connectivity index (χ4v) is 3.05. The average molecular weight is 308 g/mol. The van der Waals surface area contributed by atoms with Gasteiger partial charge in [-0.05, 0) is 32.9 Å². The van der Waals surface area contributed by atoms with Crippen molar-refractivity contribution in [1.29, 1.82) is 0 Å². The van der Waals surface area contributed by atoms with Crippen molar-refractivity contribution in [2.75, 3.05) is 16.9 Å². The van der Waals surface area contributed by atoms with Crippen molar-refractivity contribution in [3.63, 3.8) is 0 Å². The lowest BCUT2D eigenvalue weighted by molar-refractivity contribution is -0.120. The largest absolute Gasteiger partial charge is 0.444 e. The standard InChI is InChI=1S/C15H20N2O3S/c1-15(2,3)20-14(19)17-10-21-9-12(17)13(18)16-11-7-5-4-6-8-11/h4-8,12H,9-10H2,1-3H3,(H,16,18). The topological polar surface area (TPSA) is 58.6 Å². The van der Waals surface area contributed by atoms with Crippen molar-refractivity contribution in [2.24, 2.45) is 0 Å². The highest BCUT2D eigenvalue weighted by Crippen LogP contribution is 2.24. The molecule has 1 aromatic carbocycles. The summed E-state index contributed by atoms with van der Waals surface area (Å²) in [5.74, 6) is 0.872.